The fourth-order valence-electron chi connectivity index (χ4n) is 3.54. The Morgan fingerprint density at radius 3 is 2.21 bits per heavy atom. The molecule has 0 amide bonds. The first kappa shape index (κ1) is 19.1. The summed E-state index contributed by atoms with van der Waals surface area (Å²) in [6.45, 7) is 9.26. The molecule has 0 radical (unpaired) electrons. The Labute approximate surface area is 172 Å². The zero-order valence-electron chi connectivity index (χ0n) is 17.4. The lowest BCUT2D eigenvalue weighted by Gasteiger charge is -2.19. The van der Waals surface area contributed by atoms with Crippen LogP contribution in [-0.2, 0) is 12.0 Å². The number of hydrogen-bond acceptors (Lipinski definition) is 2. The van der Waals surface area contributed by atoms with Crippen LogP contribution in [0.3, 0.4) is 0 Å². The lowest BCUT2D eigenvalue weighted by Crippen LogP contribution is -2.13. The molecule has 0 aliphatic rings. The highest BCUT2D eigenvalue weighted by atomic mass is 16.1. The summed E-state index contributed by atoms with van der Waals surface area (Å²) in [7, 11) is 0. The number of para-hydroxylation sites is 2. The molecule has 0 saturated carbocycles. The van der Waals surface area contributed by atoms with Gasteiger partial charge in [-0.3, -0.25) is 4.79 Å². The summed E-state index contributed by atoms with van der Waals surface area (Å²) in [4.78, 5) is 17.9. The van der Waals surface area contributed by atoms with E-state index in [1.165, 1.54) is 5.56 Å². The first-order chi connectivity index (χ1) is 13.8. The molecule has 3 aromatic carbocycles. The number of benzene rings is 3. The fourth-order valence-corrected chi connectivity index (χ4v) is 3.54. The average Bonchev–Trinajstić information content (AvgIpc) is 3.06. The number of rotatable bonds is 4. The van der Waals surface area contributed by atoms with Gasteiger partial charge in [-0.2, -0.15) is 0 Å². The monoisotopic (exact) mass is 382 g/mol. The SMILES string of the molecule is Cc1ccc(C(=O)c2nc3ccccc3n2Cc2ccc(C(C)(C)C)cc2)cc1. The predicted molar refractivity (Wildman–Crippen MR) is 119 cm³/mol. The minimum absolute atomic E-state index is 0.0486. The van der Waals surface area contributed by atoms with Crippen molar-refractivity contribution in [3.05, 3.63) is 101 Å². The van der Waals surface area contributed by atoms with Crippen molar-refractivity contribution in [3.63, 3.8) is 0 Å². The summed E-state index contributed by atoms with van der Waals surface area (Å²) >= 11 is 0. The van der Waals surface area contributed by atoms with E-state index in [0.717, 1.165) is 22.2 Å². The second kappa shape index (κ2) is 7.32. The van der Waals surface area contributed by atoms with E-state index in [1.807, 2.05) is 60.0 Å². The lowest BCUT2D eigenvalue weighted by atomic mass is 9.87. The van der Waals surface area contributed by atoms with Crippen LogP contribution in [0.2, 0.25) is 0 Å². The molecule has 3 heteroatoms. The molecule has 0 unspecified atom stereocenters. The van der Waals surface area contributed by atoms with E-state index in [2.05, 4.69) is 50.0 Å². The van der Waals surface area contributed by atoms with Gasteiger partial charge in [-0.1, -0.05) is 87.0 Å². The van der Waals surface area contributed by atoms with Gasteiger partial charge in [0.1, 0.15) is 0 Å². The van der Waals surface area contributed by atoms with E-state index in [0.29, 0.717) is 17.9 Å². The number of hydrogen-bond donors (Lipinski definition) is 0. The molecule has 146 valence electrons. The maximum atomic E-state index is 13.2. The van der Waals surface area contributed by atoms with Crippen LogP contribution >= 0.6 is 0 Å². The zero-order chi connectivity index (χ0) is 20.6. The highest BCUT2D eigenvalue weighted by Crippen LogP contribution is 2.24. The van der Waals surface area contributed by atoms with Crippen LogP contribution in [-0.4, -0.2) is 15.3 Å². The van der Waals surface area contributed by atoms with Crippen molar-refractivity contribution < 1.29 is 4.79 Å². The summed E-state index contributed by atoms with van der Waals surface area (Å²) in [5, 5.41) is 0. The van der Waals surface area contributed by atoms with E-state index >= 15 is 0 Å². The molecule has 0 bridgehead atoms. The molecular formula is C26H26N2O. The minimum Gasteiger partial charge on any atom is -0.317 e. The van der Waals surface area contributed by atoms with Crippen LogP contribution in [0, 0.1) is 6.92 Å². The fraction of sp³-hybridized carbons (Fsp3) is 0.231. The Morgan fingerprint density at radius 1 is 0.897 bits per heavy atom. The quantitative estimate of drug-likeness (QED) is 0.411. The highest BCUT2D eigenvalue weighted by molar-refractivity contribution is 6.08. The molecule has 29 heavy (non-hydrogen) atoms. The van der Waals surface area contributed by atoms with Crippen LogP contribution in [0.25, 0.3) is 11.0 Å². The number of carbonyl (C=O) groups is 1. The largest absolute Gasteiger partial charge is 0.317 e. The van der Waals surface area contributed by atoms with E-state index in [9.17, 15) is 4.79 Å². The van der Waals surface area contributed by atoms with E-state index in [-0.39, 0.29) is 11.2 Å². The maximum absolute atomic E-state index is 13.2. The van der Waals surface area contributed by atoms with Crippen molar-refractivity contribution in [1.29, 1.82) is 0 Å². The Balaban J connectivity index is 1.76. The molecule has 0 fully saturated rings. The molecular weight excluding hydrogens is 356 g/mol. The van der Waals surface area contributed by atoms with E-state index in [1.54, 1.807) is 0 Å². The summed E-state index contributed by atoms with van der Waals surface area (Å²) in [6.07, 6.45) is 0. The third-order valence-electron chi connectivity index (χ3n) is 5.33. The van der Waals surface area contributed by atoms with Gasteiger partial charge in [0.2, 0.25) is 5.78 Å². The molecule has 1 heterocycles. The maximum Gasteiger partial charge on any atom is 0.228 e. The van der Waals surface area contributed by atoms with Gasteiger partial charge in [0.25, 0.3) is 0 Å². The molecule has 0 spiro atoms. The first-order valence-corrected chi connectivity index (χ1v) is 9.99. The van der Waals surface area contributed by atoms with Gasteiger partial charge < -0.3 is 4.57 Å². The number of imidazole rings is 1. The van der Waals surface area contributed by atoms with Crippen LogP contribution < -0.4 is 0 Å². The predicted octanol–water partition coefficient (Wildman–Crippen LogP) is 5.92. The summed E-state index contributed by atoms with van der Waals surface area (Å²) < 4.78 is 2.03. The van der Waals surface area contributed by atoms with Crippen LogP contribution in [0.5, 0.6) is 0 Å². The van der Waals surface area contributed by atoms with Crippen LogP contribution in [0.1, 0.15) is 53.6 Å². The highest BCUT2D eigenvalue weighted by Gasteiger charge is 2.20. The van der Waals surface area contributed by atoms with Crippen LogP contribution in [0.15, 0.2) is 72.8 Å². The topological polar surface area (TPSA) is 34.9 Å². The lowest BCUT2D eigenvalue weighted by molar-refractivity contribution is 0.102. The normalized spacial score (nSPS) is 11.7. The van der Waals surface area contributed by atoms with Crippen molar-refractivity contribution in [2.24, 2.45) is 0 Å². The van der Waals surface area contributed by atoms with Gasteiger partial charge in [-0.15, -0.1) is 0 Å². The Morgan fingerprint density at radius 2 is 1.55 bits per heavy atom. The summed E-state index contributed by atoms with van der Waals surface area (Å²) in [6, 6.07) is 24.3. The molecule has 0 atom stereocenters. The van der Waals surface area contributed by atoms with Gasteiger partial charge in [0.15, 0.2) is 5.82 Å². The second-order valence-electron chi connectivity index (χ2n) is 8.65. The number of aromatic nitrogens is 2. The average molecular weight is 383 g/mol. The smallest absolute Gasteiger partial charge is 0.228 e. The standard InChI is InChI=1S/C26H26N2O/c1-18-9-13-20(14-10-18)24(29)25-27-22-7-5-6-8-23(22)28(25)17-19-11-15-21(16-12-19)26(2,3)4/h5-16H,17H2,1-4H3. The number of nitrogens with zero attached hydrogens (tertiary/aromatic N) is 2. The van der Waals surface area contributed by atoms with Gasteiger partial charge in [-0.25, -0.2) is 4.98 Å². The minimum atomic E-state index is -0.0486. The number of ketones is 1. The van der Waals surface area contributed by atoms with Crippen molar-refractivity contribution in [3.8, 4) is 0 Å². The van der Waals surface area contributed by atoms with Gasteiger partial charge in [0.05, 0.1) is 11.0 Å². The Hall–Kier alpha value is -3.20. The van der Waals surface area contributed by atoms with Crippen molar-refractivity contribution in [1.82, 2.24) is 9.55 Å². The molecule has 0 N–H and O–H groups in total. The van der Waals surface area contributed by atoms with E-state index in [4.69, 9.17) is 0 Å². The Bertz CT molecular complexity index is 1160. The number of aryl methyl sites for hydroxylation is 1. The van der Waals surface area contributed by atoms with Crippen LogP contribution in [0.4, 0.5) is 0 Å². The second-order valence-corrected chi connectivity index (χ2v) is 8.65. The molecule has 1 aromatic heterocycles. The number of fused-ring (bicyclic) bond motifs is 1. The molecule has 0 saturated heterocycles. The molecule has 0 aliphatic carbocycles. The zero-order valence-corrected chi connectivity index (χ0v) is 17.4. The third kappa shape index (κ3) is 3.86. The van der Waals surface area contributed by atoms with Crippen molar-refractivity contribution in [2.75, 3.05) is 0 Å². The third-order valence-corrected chi connectivity index (χ3v) is 5.33. The molecule has 4 rings (SSSR count). The first-order valence-electron chi connectivity index (χ1n) is 9.99. The summed E-state index contributed by atoms with van der Waals surface area (Å²) in [5.41, 5.74) is 6.18. The Kier molecular flexibility index (Phi) is 4.83. The van der Waals surface area contributed by atoms with Gasteiger partial charge in [-0.05, 0) is 35.6 Å². The van der Waals surface area contributed by atoms with Gasteiger partial charge in [0, 0.05) is 12.1 Å². The number of carbonyl (C=O) groups excluding carboxylic acids is 1. The molecule has 4 aromatic rings. The van der Waals surface area contributed by atoms with Crippen molar-refractivity contribution in [2.45, 2.75) is 39.7 Å². The van der Waals surface area contributed by atoms with Crippen molar-refractivity contribution >= 4 is 16.8 Å². The van der Waals surface area contributed by atoms with Gasteiger partial charge >= 0.3 is 0 Å². The molecule has 3 nitrogen and oxygen atoms in total. The molecule has 0 aliphatic heterocycles. The summed E-state index contributed by atoms with van der Waals surface area (Å²) in [5.74, 6) is 0.433. The van der Waals surface area contributed by atoms with E-state index < -0.39 is 0 Å².